The van der Waals surface area contributed by atoms with Gasteiger partial charge in [0.1, 0.15) is 11.6 Å². The van der Waals surface area contributed by atoms with Gasteiger partial charge in [-0.1, -0.05) is 6.92 Å². The summed E-state index contributed by atoms with van der Waals surface area (Å²) in [5.41, 5.74) is -0.613. The average Bonchev–Trinajstić information content (AvgIpc) is 2.40. The van der Waals surface area contributed by atoms with Crippen LogP contribution in [0.2, 0.25) is 0 Å². The fourth-order valence-electron chi connectivity index (χ4n) is 2.47. The van der Waals surface area contributed by atoms with Crippen molar-refractivity contribution in [3.63, 3.8) is 0 Å². The molecule has 0 saturated heterocycles. The highest BCUT2D eigenvalue weighted by Crippen LogP contribution is 2.31. The Morgan fingerprint density at radius 3 is 2.74 bits per heavy atom. The van der Waals surface area contributed by atoms with Gasteiger partial charge in [-0.05, 0) is 38.5 Å². The van der Waals surface area contributed by atoms with Crippen LogP contribution < -0.4 is 10.1 Å². The molecule has 1 saturated carbocycles. The van der Waals surface area contributed by atoms with Gasteiger partial charge >= 0.3 is 0 Å². The number of aliphatic hydroxyl groups is 1. The van der Waals surface area contributed by atoms with Crippen LogP contribution in [0.4, 0.5) is 5.82 Å². The minimum atomic E-state index is -0.613. The maximum Gasteiger partial charge on any atom is 0.218 e. The summed E-state index contributed by atoms with van der Waals surface area (Å²) < 4.78 is 5.11. The van der Waals surface area contributed by atoms with Crippen LogP contribution in [0.3, 0.4) is 0 Å². The molecule has 1 heterocycles. The largest absolute Gasteiger partial charge is 0.481 e. The van der Waals surface area contributed by atoms with Gasteiger partial charge in [0.25, 0.3) is 0 Å². The second kappa shape index (κ2) is 5.74. The van der Waals surface area contributed by atoms with Crippen LogP contribution >= 0.6 is 0 Å². The molecule has 106 valence electrons. The molecule has 0 aromatic carbocycles. The van der Waals surface area contributed by atoms with Gasteiger partial charge in [0, 0.05) is 12.6 Å². The zero-order valence-corrected chi connectivity index (χ0v) is 11.9. The number of hydrogen-bond donors (Lipinski definition) is 2. The van der Waals surface area contributed by atoms with Gasteiger partial charge in [0.15, 0.2) is 0 Å². The smallest absolute Gasteiger partial charge is 0.218 e. The van der Waals surface area contributed by atoms with Crippen molar-refractivity contribution in [3.8, 4) is 5.88 Å². The van der Waals surface area contributed by atoms with Crippen molar-refractivity contribution in [3.05, 3.63) is 11.9 Å². The quantitative estimate of drug-likeness (QED) is 0.873. The molecule has 0 atom stereocenters. The maximum atomic E-state index is 10.5. The molecule has 1 aromatic rings. The Hall–Kier alpha value is -1.36. The van der Waals surface area contributed by atoms with E-state index in [9.17, 15) is 5.11 Å². The molecule has 0 bridgehead atoms. The number of anilines is 1. The summed E-state index contributed by atoms with van der Waals surface area (Å²) >= 11 is 0. The highest BCUT2D eigenvalue weighted by atomic mass is 16.5. The zero-order chi connectivity index (χ0) is 13.9. The van der Waals surface area contributed by atoms with E-state index in [1.54, 1.807) is 13.2 Å². The van der Waals surface area contributed by atoms with E-state index < -0.39 is 5.60 Å². The van der Waals surface area contributed by atoms with Crippen molar-refractivity contribution in [2.45, 2.75) is 45.1 Å². The lowest BCUT2D eigenvalue weighted by Crippen LogP contribution is -2.40. The first-order valence-corrected chi connectivity index (χ1v) is 6.87. The van der Waals surface area contributed by atoms with E-state index in [0.29, 0.717) is 24.1 Å². The number of hydrogen-bond acceptors (Lipinski definition) is 5. The minimum absolute atomic E-state index is 0.527. The summed E-state index contributed by atoms with van der Waals surface area (Å²) in [5, 5.41) is 13.7. The Bertz CT molecular complexity index is 429. The Morgan fingerprint density at radius 1 is 1.42 bits per heavy atom. The van der Waals surface area contributed by atoms with Crippen LogP contribution in [-0.4, -0.2) is 34.3 Å². The number of rotatable bonds is 4. The van der Waals surface area contributed by atoms with Gasteiger partial charge in [-0.15, -0.1) is 0 Å². The average molecular weight is 265 g/mol. The Morgan fingerprint density at radius 2 is 2.11 bits per heavy atom. The van der Waals surface area contributed by atoms with Gasteiger partial charge in [0.05, 0.1) is 12.7 Å². The molecule has 19 heavy (non-hydrogen) atoms. The normalized spacial score (nSPS) is 27.1. The van der Waals surface area contributed by atoms with Crippen molar-refractivity contribution in [1.29, 1.82) is 0 Å². The lowest BCUT2D eigenvalue weighted by atomic mass is 9.79. The summed E-state index contributed by atoms with van der Waals surface area (Å²) in [7, 11) is 1.58. The standard InChI is InChI=1S/C14H23N3O2/c1-10-4-6-14(18,7-5-10)9-15-12-8-13(19-3)17-11(2)16-12/h8,10,18H,4-7,9H2,1-3H3,(H,15,16,17). The molecule has 2 N–H and O–H groups in total. The van der Waals surface area contributed by atoms with Gasteiger partial charge in [-0.3, -0.25) is 0 Å². The number of ether oxygens (including phenoxy) is 1. The number of methoxy groups -OCH3 is 1. The van der Waals surface area contributed by atoms with Crippen molar-refractivity contribution >= 4 is 5.82 Å². The molecule has 0 unspecified atom stereocenters. The first-order valence-electron chi connectivity index (χ1n) is 6.87. The van der Waals surface area contributed by atoms with E-state index in [2.05, 4.69) is 22.2 Å². The van der Waals surface area contributed by atoms with Gasteiger partial charge in [0.2, 0.25) is 5.88 Å². The zero-order valence-electron chi connectivity index (χ0n) is 11.9. The fourth-order valence-corrected chi connectivity index (χ4v) is 2.47. The van der Waals surface area contributed by atoms with Gasteiger partial charge in [-0.25, -0.2) is 4.98 Å². The van der Waals surface area contributed by atoms with Crippen LogP contribution in [0.15, 0.2) is 6.07 Å². The summed E-state index contributed by atoms with van der Waals surface area (Å²) in [6.07, 6.45) is 3.87. The summed E-state index contributed by atoms with van der Waals surface area (Å²) in [5.74, 6) is 2.63. The predicted octanol–water partition coefficient (Wildman–Crippen LogP) is 2.15. The van der Waals surface area contributed by atoms with Crippen molar-refractivity contribution in [1.82, 2.24) is 9.97 Å². The lowest BCUT2D eigenvalue weighted by molar-refractivity contribution is 0.00493. The second-order valence-electron chi connectivity index (χ2n) is 5.60. The van der Waals surface area contributed by atoms with Crippen molar-refractivity contribution in [2.24, 2.45) is 5.92 Å². The molecule has 0 amide bonds. The molecule has 1 aromatic heterocycles. The third-order valence-electron chi connectivity index (χ3n) is 3.83. The summed E-state index contributed by atoms with van der Waals surface area (Å²) in [6, 6.07) is 1.75. The van der Waals surface area contributed by atoms with Crippen LogP contribution in [0.5, 0.6) is 5.88 Å². The third kappa shape index (κ3) is 3.80. The van der Waals surface area contributed by atoms with E-state index in [1.165, 1.54) is 0 Å². The molecule has 5 heteroatoms. The molecule has 1 aliphatic rings. The molecule has 0 spiro atoms. The highest BCUT2D eigenvalue weighted by molar-refractivity contribution is 5.38. The number of aromatic nitrogens is 2. The van der Waals surface area contributed by atoms with Crippen LogP contribution in [0, 0.1) is 12.8 Å². The lowest BCUT2D eigenvalue weighted by Gasteiger charge is -2.35. The molecule has 0 aliphatic heterocycles. The second-order valence-corrected chi connectivity index (χ2v) is 5.60. The minimum Gasteiger partial charge on any atom is -0.481 e. The summed E-state index contributed by atoms with van der Waals surface area (Å²) in [6.45, 7) is 4.59. The number of aryl methyl sites for hydroxylation is 1. The van der Waals surface area contributed by atoms with Gasteiger partial charge < -0.3 is 15.2 Å². The van der Waals surface area contributed by atoms with E-state index >= 15 is 0 Å². The van der Waals surface area contributed by atoms with Gasteiger partial charge in [-0.2, -0.15) is 4.98 Å². The molecule has 1 aliphatic carbocycles. The SMILES string of the molecule is COc1cc(NCC2(O)CCC(C)CC2)nc(C)n1. The first kappa shape index (κ1) is 14.1. The molecule has 0 radical (unpaired) electrons. The van der Waals surface area contributed by atoms with E-state index in [0.717, 1.165) is 31.6 Å². The topological polar surface area (TPSA) is 67.3 Å². The van der Waals surface area contributed by atoms with Crippen LogP contribution in [-0.2, 0) is 0 Å². The Kier molecular flexibility index (Phi) is 4.24. The highest BCUT2D eigenvalue weighted by Gasteiger charge is 2.31. The third-order valence-corrected chi connectivity index (χ3v) is 3.83. The van der Waals surface area contributed by atoms with Crippen LogP contribution in [0.1, 0.15) is 38.4 Å². The van der Waals surface area contributed by atoms with E-state index in [1.807, 2.05) is 6.92 Å². The maximum absolute atomic E-state index is 10.5. The molecule has 5 nitrogen and oxygen atoms in total. The number of nitrogens with one attached hydrogen (secondary N) is 1. The Labute approximate surface area is 114 Å². The molecule has 2 rings (SSSR count). The first-order chi connectivity index (χ1) is 9.00. The molecular formula is C14H23N3O2. The van der Waals surface area contributed by atoms with Crippen molar-refractivity contribution in [2.75, 3.05) is 19.0 Å². The molecule has 1 fully saturated rings. The molecular weight excluding hydrogens is 242 g/mol. The fraction of sp³-hybridized carbons (Fsp3) is 0.714. The van der Waals surface area contributed by atoms with Crippen LogP contribution in [0.25, 0.3) is 0 Å². The Balaban J connectivity index is 1.96. The van der Waals surface area contributed by atoms with E-state index in [-0.39, 0.29) is 0 Å². The number of nitrogens with zero attached hydrogens (tertiary/aromatic N) is 2. The summed E-state index contributed by atoms with van der Waals surface area (Å²) in [4.78, 5) is 8.44. The monoisotopic (exact) mass is 265 g/mol. The van der Waals surface area contributed by atoms with E-state index in [4.69, 9.17) is 4.74 Å². The predicted molar refractivity (Wildman–Crippen MR) is 74.4 cm³/mol. The van der Waals surface area contributed by atoms with Crippen molar-refractivity contribution < 1.29 is 9.84 Å².